The maximum atomic E-state index is 12.0. The van der Waals surface area contributed by atoms with Gasteiger partial charge in [0.2, 0.25) is 23.5 Å². The van der Waals surface area contributed by atoms with Crippen LogP contribution in [0.4, 0.5) is 23.3 Å². The third kappa shape index (κ3) is 22.7. The number of fused-ring (bicyclic) bond motifs is 4. The summed E-state index contributed by atoms with van der Waals surface area (Å²) in [4.78, 5) is 46.0. The largest absolute Gasteiger partial charge is 0.480 e. The second kappa shape index (κ2) is 38.8. The smallest absolute Gasteiger partial charge is 0.233 e. The van der Waals surface area contributed by atoms with Gasteiger partial charge in [-0.2, -0.15) is 41.4 Å². The van der Waals surface area contributed by atoms with E-state index >= 15 is 0 Å². The molecule has 0 spiro atoms. The summed E-state index contributed by atoms with van der Waals surface area (Å²) in [5, 5.41) is 55.0. The molecule has 0 aromatic carbocycles. The van der Waals surface area contributed by atoms with Gasteiger partial charge in [-0.3, -0.25) is 16.8 Å². The highest BCUT2D eigenvalue weighted by atomic mass is 32.2. The molecule has 0 unspecified atom stereocenters. The lowest BCUT2D eigenvalue weighted by Gasteiger charge is -2.31. The van der Waals surface area contributed by atoms with Crippen molar-refractivity contribution in [3.63, 3.8) is 0 Å². The number of rotatable bonds is 20. The predicted molar refractivity (Wildman–Crippen MR) is 486 cm³/mol. The molecule has 658 valence electrons. The molecule has 0 radical (unpaired) electrons. The number of anilines is 4. The fourth-order valence-electron chi connectivity index (χ4n) is 15.4. The molecule has 36 nitrogen and oxygen atoms in total. The minimum absolute atomic E-state index is 0.0391. The van der Waals surface area contributed by atoms with Crippen LogP contribution in [0.25, 0.3) is 67.1 Å². The van der Waals surface area contributed by atoms with Crippen molar-refractivity contribution in [2.45, 2.75) is 115 Å². The van der Waals surface area contributed by atoms with Crippen LogP contribution >= 0.6 is 0 Å². The predicted octanol–water partition coefficient (Wildman–Crippen LogP) is 11.4. The van der Waals surface area contributed by atoms with E-state index in [2.05, 4.69) is 117 Å². The standard InChI is InChI=1S/C23H27N7O2S.C22H27N7O2S.C21H25N7O2S.C20H23N7O2S/c1-33(2,31)28-19-7-9-29(10-8-19)20-6-5-17(12-25-20)22-23-18(11-24)13-26-30(23)14-21(27-22)32-15-16-3-4-16;1-15(2)31-20-14-29-22(17(11-23)13-25-29)21(26-20)16-5-6-19(24-12-16)28-9-7-18(8-10-28)27-32(3,4)30;1-4-30-19-14-28-21(16(11-22)13-24-28)20(25-19)15-5-6-18(23-12-15)27-9-7-17(8-10-27)26-31(2,3)29;1-29-18-13-27-20(15(10-21)12-23-27)19(24-18)14-4-5-17(22-11-14)26-8-6-16(7-9-26)25-30(2,3)28/h5-6,12-14,16,19H,3-4,7-10,15H2,1-2H3;5-6,12-15,18H,7-10H2,1-4H3;5-6,12-14,17H,4,7-10H2,1-3H3;4-5,11-13,16H,6-9H2,1-3H3. The summed E-state index contributed by atoms with van der Waals surface area (Å²) in [6.07, 6.45) is 42.7. The first kappa shape index (κ1) is 89.5. The average Bonchev–Trinajstić information content (AvgIpc) is 1.60. The number of ether oxygens (including phenoxy) is 4. The molecule has 17 rings (SSSR count). The fourth-order valence-corrected chi connectivity index (χ4v) is 19.1. The van der Waals surface area contributed by atoms with Crippen molar-refractivity contribution >= 4 is 84.3 Å². The SMILES string of the molecule is CC(C)Oc1cn2ncc(C#N)c2c(-c2ccc(N3CCC(N=S(C)(C)=O)CC3)nc2)n1.CCOc1cn2ncc(C#N)c2c(-c2ccc(N3CCC(N=S(C)(C)=O)CC3)nc2)n1.COc1cn2ncc(C#N)c2c(-c2ccc(N3CCC(N=S(C)(C)=O)CC3)nc2)n1.CS(C)(=O)=NC1CCN(c2ccc(-c3nc(OCC4CC4)cn4ncc(C#N)c34)cn2)CC1. The normalized spacial score (nSPS) is 15.7. The molecule has 0 amide bonds. The molecule has 16 heterocycles. The van der Waals surface area contributed by atoms with E-state index in [-0.39, 0.29) is 30.3 Å². The van der Waals surface area contributed by atoms with Crippen molar-refractivity contribution in [2.75, 3.05) is 142 Å². The molecule has 40 heteroatoms. The quantitative estimate of drug-likeness (QED) is 0.0684. The van der Waals surface area contributed by atoms with Crippen molar-refractivity contribution in [3.8, 4) is 92.8 Å². The molecule has 1 aliphatic carbocycles. The van der Waals surface area contributed by atoms with E-state index in [0.29, 0.717) is 110 Å². The summed E-state index contributed by atoms with van der Waals surface area (Å²) >= 11 is 0. The number of nitrogens with zero attached hydrogens (tertiary/aromatic N) is 28. The van der Waals surface area contributed by atoms with Crippen LogP contribution in [0.1, 0.15) is 107 Å². The lowest BCUT2D eigenvalue weighted by Crippen LogP contribution is -2.36. The second-order valence-corrected chi connectivity index (χ2v) is 43.1. The maximum absolute atomic E-state index is 12.0. The lowest BCUT2D eigenvalue weighted by atomic mass is 10.1. The lowest BCUT2D eigenvalue weighted by molar-refractivity contribution is 0.231. The monoisotopic (exact) mass is 1780 g/mol. The number of nitriles is 4. The number of hydrogen-bond donors (Lipinski definition) is 0. The summed E-state index contributed by atoms with van der Waals surface area (Å²) in [5.74, 6) is 5.90. The topological polar surface area (TPSA) is 435 Å². The summed E-state index contributed by atoms with van der Waals surface area (Å²) in [7, 11) is -6.76. The number of pyridine rings is 4. The van der Waals surface area contributed by atoms with Gasteiger partial charge in [0.25, 0.3) is 0 Å². The summed E-state index contributed by atoms with van der Waals surface area (Å²) < 4.78 is 94.5. The van der Waals surface area contributed by atoms with Crippen molar-refractivity contribution in [3.05, 3.63) is 145 Å². The van der Waals surface area contributed by atoms with Gasteiger partial charge in [0, 0.05) is 188 Å². The highest BCUT2D eigenvalue weighted by molar-refractivity contribution is 7.93. The van der Waals surface area contributed by atoms with Gasteiger partial charge in [-0.05, 0) is 139 Å². The van der Waals surface area contributed by atoms with Crippen LogP contribution in [-0.2, 0) is 38.9 Å². The Hall–Kier alpha value is -12.8. The Kier molecular flexibility index (Phi) is 27.6. The van der Waals surface area contributed by atoms with Crippen LogP contribution in [0.5, 0.6) is 23.5 Å². The van der Waals surface area contributed by atoms with Crippen LogP contribution in [0, 0.1) is 51.2 Å². The third-order valence-corrected chi connectivity index (χ3v) is 24.5. The molecule has 0 N–H and O–H groups in total. The van der Waals surface area contributed by atoms with Crippen molar-refractivity contribution in [1.82, 2.24) is 78.3 Å². The van der Waals surface area contributed by atoms with Crippen molar-refractivity contribution < 1.29 is 35.8 Å². The van der Waals surface area contributed by atoms with E-state index in [1.807, 2.05) is 69.3 Å². The van der Waals surface area contributed by atoms with Gasteiger partial charge in [-0.25, -0.2) is 75.4 Å². The molecular formula is C86H102N28O8S4. The molecule has 12 aromatic heterocycles. The first-order chi connectivity index (χ1) is 60.4. The van der Waals surface area contributed by atoms with Crippen LogP contribution in [0.2, 0.25) is 0 Å². The van der Waals surface area contributed by atoms with E-state index in [0.717, 1.165) is 149 Å². The summed E-state index contributed by atoms with van der Waals surface area (Å²) in [5.41, 5.74) is 9.93. The Balaban J connectivity index is 0.000000136. The van der Waals surface area contributed by atoms with E-state index < -0.39 is 38.9 Å². The summed E-state index contributed by atoms with van der Waals surface area (Å²) in [6.45, 7) is 13.4. The molecule has 4 aliphatic heterocycles. The van der Waals surface area contributed by atoms with Gasteiger partial charge >= 0.3 is 0 Å². The molecular weight excluding hydrogens is 1680 g/mol. The van der Waals surface area contributed by atoms with E-state index in [1.165, 1.54) is 31.4 Å². The number of hydrogen-bond acceptors (Lipinski definition) is 32. The zero-order valence-electron chi connectivity index (χ0n) is 72.6. The Bertz CT molecular complexity index is 6640. The van der Waals surface area contributed by atoms with E-state index in [1.54, 1.807) is 131 Å². The van der Waals surface area contributed by atoms with Crippen molar-refractivity contribution in [1.29, 1.82) is 21.0 Å². The first-order valence-corrected chi connectivity index (χ1v) is 50.8. The zero-order chi connectivity index (χ0) is 89.2. The molecule has 12 aromatic rings. The van der Waals surface area contributed by atoms with Crippen LogP contribution in [-0.4, -0.2) is 248 Å². The molecule has 1 saturated carbocycles. The summed E-state index contributed by atoms with van der Waals surface area (Å²) in [6, 6.07) is 25.0. The van der Waals surface area contributed by atoms with Crippen LogP contribution < -0.4 is 38.5 Å². The highest BCUT2D eigenvalue weighted by Crippen LogP contribution is 2.37. The van der Waals surface area contributed by atoms with Crippen LogP contribution in [0.15, 0.2) is 140 Å². The Labute approximate surface area is 733 Å². The van der Waals surface area contributed by atoms with Gasteiger partial charge in [0.15, 0.2) is 0 Å². The molecule has 0 atom stereocenters. The number of methoxy groups -OCH3 is 1. The van der Waals surface area contributed by atoms with Gasteiger partial charge in [0.1, 0.15) is 115 Å². The highest BCUT2D eigenvalue weighted by Gasteiger charge is 2.29. The Morgan fingerprint density at radius 3 is 0.881 bits per heavy atom. The van der Waals surface area contributed by atoms with Gasteiger partial charge in [-0.15, -0.1) is 0 Å². The van der Waals surface area contributed by atoms with E-state index in [9.17, 15) is 37.9 Å². The average molecular weight is 1780 g/mol. The van der Waals surface area contributed by atoms with Crippen LogP contribution in [0.3, 0.4) is 0 Å². The van der Waals surface area contributed by atoms with Crippen molar-refractivity contribution in [2.24, 2.45) is 23.4 Å². The number of aromatic nitrogens is 16. The molecule has 5 fully saturated rings. The molecule has 5 aliphatic rings. The van der Waals surface area contributed by atoms with E-state index in [4.69, 9.17) is 23.9 Å². The minimum Gasteiger partial charge on any atom is -0.480 e. The molecule has 4 saturated heterocycles. The first-order valence-electron chi connectivity index (χ1n) is 41.5. The second-order valence-electron chi connectivity index (χ2n) is 32.8. The van der Waals surface area contributed by atoms with Gasteiger partial charge < -0.3 is 38.5 Å². The van der Waals surface area contributed by atoms with Gasteiger partial charge in [-0.1, -0.05) is 0 Å². The maximum Gasteiger partial charge on any atom is 0.233 e. The molecule has 0 bridgehead atoms. The Morgan fingerprint density at radius 2 is 0.643 bits per heavy atom. The minimum atomic E-state index is -2.08. The zero-order valence-corrected chi connectivity index (χ0v) is 75.8. The fraction of sp³-hybridized carbons (Fsp3) is 0.442. The number of piperidine rings is 4. The third-order valence-electron chi connectivity index (χ3n) is 21.3. The van der Waals surface area contributed by atoms with Gasteiger partial charge in [0.05, 0.1) is 100 Å². The molecule has 126 heavy (non-hydrogen) atoms. The Morgan fingerprint density at radius 1 is 0.381 bits per heavy atom.